The van der Waals surface area contributed by atoms with Gasteiger partial charge in [0.25, 0.3) is 5.91 Å². The molecule has 1 heterocycles. The van der Waals surface area contributed by atoms with Crippen LogP contribution in [-0.4, -0.2) is 55.3 Å². The number of halogens is 3. The molecule has 166 valence electrons. The van der Waals surface area contributed by atoms with E-state index in [4.69, 9.17) is 9.47 Å². The van der Waals surface area contributed by atoms with Crippen LogP contribution < -0.4 is 5.32 Å². The SMILES string of the molecule is COCCCNC(=O)C1COC2(CCCCC2)N1C(=O)c1ccc(C(F)(F)F)cc1. The van der Waals surface area contributed by atoms with E-state index >= 15 is 0 Å². The molecule has 1 atom stereocenters. The van der Waals surface area contributed by atoms with Gasteiger partial charge in [-0.15, -0.1) is 0 Å². The molecule has 1 aromatic rings. The molecule has 1 saturated carbocycles. The fourth-order valence-corrected chi connectivity index (χ4v) is 4.16. The van der Waals surface area contributed by atoms with Gasteiger partial charge in [0.1, 0.15) is 11.8 Å². The summed E-state index contributed by atoms with van der Waals surface area (Å²) in [5.74, 6) is -0.811. The quantitative estimate of drug-likeness (QED) is 0.706. The monoisotopic (exact) mass is 428 g/mol. The van der Waals surface area contributed by atoms with E-state index in [1.165, 1.54) is 4.90 Å². The first-order valence-electron chi connectivity index (χ1n) is 10.2. The maximum absolute atomic E-state index is 13.3. The average molecular weight is 428 g/mol. The van der Waals surface area contributed by atoms with Crippen molar-refractivity contribution in [2.24, 2.45) is 0 Å². The highest BCUT2D eigenvalue weighted by atomic mass is 19.4. The Balaban J connectivity index is 1.82. The molecule has 6 nitrogen and oxygen atoms in total. The van der Waals surface area contributed by atoms with Crippen LogP contribution in [0.1, 0.15) is 54.4 Å². The van der Waals surface area contributed by atoms with Gasteiger partial charge in [-0.1, -0.05) is 6.42 Å². The van der Waals surface area contributed by atoms with Crippen LogP contribution in [0.5, 0.6) is 0 Å². The molecule has 1 unspecified atom stereocenters. The van der Waals surface area contributed by atoms with Gasteiger partial charge in [0.05, 0.1) is 12.2 Å². The minimum atomic E-state index is -4.48. The van der Waals surface area contributed by atoms with E-state index in [-0.39, 0.29) is 18.1 Å². The number of benzene rings is 1. The normalized spacial score (nSPS) is 21.1. The van der Waals surface area contributed by atoms with Gasteiger partial charge in [-0.25, -0.2) is 0 Å². The molecule has 1 N–H and O–H groups in total. The number of nitrogens with zero attached hydrogens (tertiary/aromatic N) is 1. The van der Waals surface area contributed by atoms with E-state index in [1.54, 1.807) is 7.11 Å². The number of hydrogen-bond acceptors (Lipinski definition) is 4. The number of ether oxygens (including phenoxy) is 2. The number of carbonyl (C=O) groups excluding carboxylic acids is 2. The molecule has 2 aliphatic rings. The molecule has 1 aliphatic carbocycles. The fraction of sp³-hybridized carbons (Fsp3) is 0.619. The molecular weight excluding hydrogens is 401 g/mol. The van der Waals surface area contributed by atoms with Crippen LogP contribution in [0.3, 0.4) is 0 Å². The second-order valence-corrected chi connectivity index (χ2v) is 7.72. The van der Waals surface area contributed by atoms with Gasteiger partial charge in [0.2, 0.25) is 5.91 Å². The van der Waals surface area contributed by atoms with Crippen LogP contribution in [0.4, 0.5) is 13.2 Å². The highest BCUT2D eigenvalue weighted by molar-refractivity contribution is 5.98. The number of carbonyl (C=O) groups is 2. The maximum Gasteiger partial charge on any atom is 0.416 e. The summed E-state index contributed by atoms with van der Waals surface area (Å²) in [4.78, 5) is 27.6. The molecule has 9 heteroatoms. The Kier molecular flexibility index (Phi) is 7.02. The minimum Gasteiger partial charge on any atom is -0.385 e. The van der Waals surface area contributed by atoms with Crippen LogP contribution in [0.15, 0.2) is 24.3 Å². The van der Waals surface area contributed by atoms with Gasteiger partial charge in [0, 0.05) is 25.8 Å². The lowest BCUT2D eigenvalue weighted by Crippen LogP contribution is -2.56. The lowest BCUT2D eigenvalue weighted by Gasteiger charge is -2.41. The zero-order valence-electron chi connectivity index (χ0n) is 17.0. The molecule has 0 radical (unpaired) electrons. The number of rotatable bonds is 6. The van der Waals surface area contributed by atoms with Gasteiger partial charge in [-0.2, -0.15) is 13.2 Å². The molecule has 2 amide bonds. The van der Waals surface area contributed by atoms with E-state index < -0.39 is 29.4 Å². The van der Waals surface area contributed by atoms with Crippen molar-refractivity contribution in [3.63, 3.8) is 0 Å². The zero-order chi connectivity index (χ0) is 21.8. The third-order valence-electron chi connectivity index (χ3n) is 5.70. The first-order valence-corrected chi connectivity index (χ1v) is 10.2. The molecule has 30 heavy (non-hydrogen) atoms. The molecular formula is C21H27F3N2O4. The topological polar surface area (TPSA) is 67.9 Å². The van der Waals surface area contributed by atoms with E-state index in [9.17, 15) is 22.8 Å². The van der Waals surface area contributed by atoms with Crippen molar-refractivity contribution in [2.75, 3.05) is 26.9 Å². The van der Waals surface area contributed by atoms with Gasteiger partial charge in [-0.05, 0) is 56.4 Å². The lowest BCUT2D eigenvalue weighted by molar-refractivity contribution is -0.137. The molecule has 1 spiro atoms. The Hall–Kier alpha value is -2.13. The summed E-state index contributed by atoms with van der Waals surface area (Å²) in [5.41, 5.74) is -1.60. The summed E-state index contributed by atoms with van der Waals surface area (Å²) in [6.07, 6.45) is 0.0975. The van der Waals surface area contributed by atoms with Gasteiger partial charge < -0.3 is 14.8 Å². The van der Waals surface area contributed by atoms with Crippen molar-refractivity contribution in [2.45, 2.75) is 56.5 Å². The van der Waals surface area contributed by atoms with Crippen LogP contribution in [0, 0.1) is 0 Å². The second kappa shape index (κ2) is 9.34. The van der Waals surface area contributed by atoms with Crippen LogP contribution in [-0.2, 0) is 20.4 Å². The molecule has 1 aliphatic heterocycles. The number of nitrogens with one attached hydrogen (secondary N) is 1. The van der Waals surface area contributed by atoms with E-state index in [0.29, 0.717) is 32.4 Å². The van der Waals surface area contributed by atoms with Crippen molar-refractivity contribution in [1.29, 1.82) is 0 Å². The predicted molar refractivity (Wildman–Crippen MR) is 103 cm³/mol. The molecule has 2 fully saturated rings. The van der Waals surface area contributed by atoms with Crippen molar-refractivity contribution in [3.8, 4) is 0 Å². The Morgan fingerprint density at radius 3 is 2.47 bits per heavy atom. The van der Waals surface area contributed by atoms with Gasteiger partial charge >= 0.3 is 6.18 Å². The van der Waals surface area contributed by atoms with Crippen LogP contribution in [0.2, 0.25) is 0 Å². The third kappa shape index (κ3) is 4.78. The summed E-state index contributed by atoms with van der Waals surface area (Å²) < 4.78 is 49.6. The van der Waals surface area contributed by atoms with E-state index in [1.807, 2.05) is 0 Å². The Morgan fingerprint density at radius 2 is 1.87 bits per heavy atom. The number of alkyl halides is 3. The summed E-state index contributed by atoms with van der Waals surface area (Å²) >= 11 is 0. The lowest BCUT2D eigenvalue weighted by atomic mass is 9.89. The Labute approximate surface area is 173 Å². The largest absolute Gasteiger partial charge is 0.416 e. The van der Waals surface area contributed by atoms with Crippen LogP contribution in [0.25, 0.3) is 0 Å². The van der Waals surface area contributed by atoms with Crippen molar-refractivity contribution < 1.29 is 32.2 Å². The van der Waals surface area contributed by atoms with E-state index in [2.05, 4.69) is 5.32 Å². The fourth-order valence-electron chi connectivity index (χ4n) is 4.16. The van der Waals surface area contributed by atoms with Crippen LogP contribution >= 0.6 is 0 Å². The van der Waals surface area contributed by atoms with Gasteiger partial charge in [0.15, 0.2) is 0 Å². The Bertz CT molecular complexity index is 746. The number of hydrogen-bond donors (Lipinski definition) is 1. The summed E-state index contributed by atoms with van der Waals surface area (Å²) in [5, 5.41) is 2.81. The molecule has 0 aromatic heterocycles. The van der Waals surface area contributed by atoms with Crippen molar-refractivity contribution >= 4 is 11.8 Å². The van der Waals surface area contributed by atoms with E-state index in [0.717, 1.165) is 43.5 Å². The highest BCUT2D eigenvalue weighted by Gasteiger charge is 2.52. The standard InChI is InChI=1S/C21H27F3N2O4/c1-29-13-5-12-25-18(27)17-14-30-20(10-3-2-4-11-20)26(17)19(28)15-6-8-16(9-7-15)21(22,23)24/h6-9,17H,2-5,10-14H2,1H3,(H,25,27). The zero-order valence-corrected chi connectivity index (χ0v) is 17.0. The molecule has 1 aromatic carbocycles. The molecule has 0 bridgehead atoms. The summed E-state index contributed by atoms with van der Waals surface area (Å²) in [6, 6.07) is 3.27. The minimum absolute atomic E-state index is 0.0719. The number of methoxy groups -OCH3 is 1. The first-order chi connectivity index (χ1) is 14.3. The maximum atomic E-state index is 13.3. The first kappa shape index (κ1) is 22.6. The smallest absolute Gasteiger partial charge is 0.385 e. The van der Waals surface area contributed by atoms with Crippen molar-refractivity contribution in [1.82, 2.24) is 10.2 Å². The molecule has 3 rings (SSSR count). The van der Waals surface area contributed by atoms with Crippen molar-refractivity contribution in [3.05, 3.63) is 35.4 Å². The number of amides is 2. The highest BCUT2D eigenvalue weighted by Crippen LogP contribution is 2.41. The Morgan fingerprint density at radius 1 is 1.20 bits per heavy atom. The average Bonchev–Trinajstić information content (AvgIpc) is 3.09. The molecule has 1 saturated heterocycles. The predicted octanol–water partition coefficient (Wildman–Crippen LogP) is 3.36. The summed E-state index contributed by atoms with van der Waals surface area (Å²) in [7, 11) is 1.57. The van der Waals surface area contributed by atoms with Gasteiger partial charge in [-0.3, -0.25) is 14.5 Å². The third-order valence-corrected chi connectivity index (χ3v) is 5.70. The second-order valence-electron chi connectivity index (χ2n) is 7.72. The summed E-state index contributed by atoms with van der Waals surface area (Å²) in [6.45, 7) is 0.973.